The lowest BCUT2D eigenvalue weighted by Crippen LogP contribution is -2.09. The van der Waals surface area contributed by atoms with E-state index in [0.29, 0.717) is 3.53 Å². The van der Waals surface area contributed by atoms with Gasteiger partial charge >= 0.3 is 5.97 Å². The minimum Gasteiger partial charge on any atom is -0.480 e. The first-order valence-electron chi connectivity index (χ1n) is 4.17. The summed E-state index contributed by atoms with van der Waals surface area (Å²) in [5, 5.41) is 8.48. The van der Waals surface area contributed by atoms with Crippen molar-refractivity contribution in [2.75, 3.05) is 6.26 Å². The Labute approximate surface area is 102 Å². The lowest BCUT2D eigenvalue weighted by molar-refractivity contribution is -0.136. The highest BCUT2D eigenvalue weighted by atomic mass is 32.2. The molecule has 1 aromatic rings. The molecular weight excluding hydrogens is 248 g/mol. The monoisotopic (exact) mass is 258 g/mol. The highest BCUT2D eigenvalue weighted by Crippen LogP contribution is 2.33. The van der Waals surface area contributed by atoms with Crippen LogP contribution in [0.25, 0.3) is 0 Å². The highest BCUT2D eigenvalue weighted by Gasteiger charge is 2.21. The van der Waals surface area contributed by atoms with Crippen LogP contribution < -0.4 is 0 Å². The van der Waals surface area contributed by atoms with E-state index in [4.69, 9.17) is 17.3 Å². The second-order valence-corrected chi connectivity index (χ2v) is 5.82. The van der Waals surface area contributed by atoms with Crippen LogP contribution in [0.1, 0.15) is 10.8 Å². The SMILES string of the molecule is CSC(=S)SC(C(=O)O)c1ccccc1. The fraction of sp³-hybridized carbons (Fsp3) is 0.200. The third-order valence-corrected chi connectivity index (χ3v) is 4.52. The molecule has 80 valence electrons. The smallest absolute Gasteiger partial charge is 0.321 e. The summed E-state index contributed by atoms with van der Waals surface area (Å²) in [6.45, 7) is 0. The van der Waals surface area contributed by atoms with Gasteiger partial charge in [0, 0.05) is 0 Å². The Morgan fingerprint density at radius 1 is 1.40 bits per heavy atom. The van der Waals surface area contributed by atoms with E-state index in [2.05, 4.69) is 0 Å². The number of rotatable bonds is 3. The topological polar surface area (TPSA) is 37.3 Å². The zero-order chi connectivity index (χ0) is 11.3. The van der Waals surface area contributed by atoms with Crippen LogP contribution in [0.5, 0.6) is 0 Å². The molecule has 1 aromatic carbocycles. The van der Waals surface area contributed by atoms with Gasteiger partial charge in [-0.2, -0.15) is 0 Å². The number of carboxylic acids is 1. The third-order valence-electron chi connectivity index (χ3n) is 1.71. The van der Waals surface area contributed by atoms with Crippen LogP contribution in [0.3, 0.4) is 0 Å². The average Bonchev–Trinajstić information content (AvgIpc) is 2.26. The maximum absolute atomic E-state index is 11.1. The largest absolute Gasteiger partial charge is 0.480 e. The molecule has 1 unspecified atom stereocenters. The molecule has 0 spiro atoms. The van der Waals surface area contributed by atoms with Crippen LogP contribution >= 0.6 is 35.7 Å². The Hall–Kier alpha value is -0.520. The van der Waals surface area contributed by atoms with Crippen molar-refractivity contribution in [1.82, 2.24) is 0 Å². The van der Waals surface area contributed by atoms with Crippen LogP contribution in [-0.4, -0.2) is 20.9 Å². The fourth-order valence-corrected chi connectivity index (χ4v) is 2.58. The first-order valence-corrected chi connectivity index (χ1v) is 6.68. The van der Waals surface area contributed by atoms with E-state index in [1.165, 1.54) is 23.5 Å². The predicted octanol–water partition coefficient (Wildman–Crippen LogP) is 3.19. The van der Waals surface area contributed by atoms with Crippen LogP contribution in [0.15, 0.2) is 30.3 Å². The molecule has 1 rings (SSSR count). The van der Waals surface area contributed by atoms with Crippen molar-refractivity contribution < 1.29 is 9.90 Å². The van der Waals surface area contributed by atoms with Crippen LogP contribution in [-0.2, 0) is 4.79 Å². The second-order valence-electron chi connectivity index (χ2n) is 2.70. The molecule has 1 atom stereocenters. The number of hydrogen-bond acceptors (Lipinski definition) is 4. The zero-order valence-electron chi connectivity index (χ0n) is 8.04. The molecule has 0 heterocycles. The summed E-state index contributed by atoms with van der Waals surface area (Å²) in [4.78, 5) is 11.1. The average molecular weight is 258 g/mol. The Morgan fingerprint density at radius 3 is 2.47 bits per heavy atom. The molecule has 2 nitrogen and oxygen atoms in total. The summed E-state index contributed by atoms with van der Waals surface area (Å²) in [7, 11) is 0. The van der Waals surface area contributed by atoms with Crippen molar-refractivity contribution in [1.29, 1.82) is 0 Å². The van der Waals surface area contributed by atoms with Gasteiger partial charge in [-0.05, 0) is 11.8 Å². The van der Waals surface area contributed by atoms with E-state index >= 15 is 0 Å². The van der Waals surface area contributed by atoms with Gasteiger partial charge in [-0.15, -0.1) is 11.8 Å². The molecule has 0 aliphatic rings. The van der Waals surface area contributed by atoms with Crippen molar-refractivity contribution in [2.24, 2.45) is 0 Å². The van der Waals surface area contributed by atoms with Gasteiger partial charge in [-0.1, -0.05) is 54.3 Å². The van der Waals surface area contributed by atoms with E-state index in [0.717, 1.165) is 5.56 Å². The van der Waals surface area contributed by atoms with Crippen molar-refractivity contribution in [3.05, 3.63) is 35.9 Å². The van der Waals surface area contributed by atoms with Gasteiger partial charge in [0.05, 0.1) is 0 Å². The molecule has 0 aliphatic heterocycles. The minimum absolute atomic E-state index is 0.605. The van der Waals surface area contributed by atoms with Crippen molar-refractivity contribution in [3.63, 3.8) is 0 Å². The summed E-state index contributed by atoms with van der Waals surface area (Å²) >= 11 is 7.61. The molecule has 0 aliphatic carbocycles. The minimum atomic E-state index is -0.859. The van der Waals surface area contributed by atoms with Crippen molar-refractivity contribution in [2.45, 2.75) is 5.25 Å². The van der Waals surface area contributed by atoms with Gasteiger partial charge < -0.3 is 5.11 Å². The number of thioether (sulfide) groups is 2. The van der Waals surface area contributed by atoms with Crippen LogP contribution in [0.4, 0.5) is 0 Å². The van der Waals surface area contributed by atoms with Crippen LogP contribution in [0, 0.1) is 0 Å². The first kappa shape index (κ1) is 12.5. The summed E-state index contributed by atoms with van der Waals surface area (Å²) in [6.07, 6.45) is 1.85. The molecule has 0 aromatic heterocycles. The summed E-state index contributed by atoms with van der Waals surface area (Å²) in [5.41, 5.74) is 0.770. The Morgan fingerprint density at radius 2 is 2.00 bits per heavy atom. The van der Waals surface area contributed by atoms with E-state index in [1.54, 1.807) is 12.1 Å². The van der Waals surface area contributed by atoms with Crippen molar-refractivity contribution >= 4 is 45.2 Å². The van der Waals surface area contributed by atoms with E-state index in [9.17, 15) is 4.79 Å². The third kappa shape index (κ3) is 3.85. The van der Waals surface area contributed by atoms with E-state index < -0.39 is 11.2 Å². The molecule has 0 saturated carbocycles. The van der Waals surface area contributed by atoms with Gasteiger partial charge in [0.25, 0.3) is 0 Å². The molecule has 1 N–H and O–H groups in total. The molecule has 0 fully saturated rings. The molecule has 0 radical (unpaired) electrons. The quantitative estimate of drug-likeness (QED) is 0.843. The standard InChI is InChI=1S/C10H10O2S3/c1-14-10(13)15-8(9(11)12)7-5-3-2-4-6-7/h2-6,8H,1H3,(H,11,12). The number of hydrogen-bond donors (Lipinski definition) is 1. The molecule has 0 bridgehead atoms. The summed E-state index contributed by atoms with van der Waals surface area (Å²) in [6, 6.07) is 9.12. The van der Waals surface area contributed by atoms with Gasteiger partial charge in [-0.25, -0.2) is 0 Å². The molecular formula is C10H10O2S3. The van der Waals surface area contributed by atoms with Gasteiger partial charge in [-0.3, -0.25) is 4.79 Å². The first-order chi connectivity index (χ1) is 7.15. The van der Waals surface area contributed by atoms with Crippen LogP contribution in [0.2, 0.25) is 0 Å². The normalized spacial score (nSPS) is 12.1. The molecule has 15 heavy (non-hydrogen) atoms. The lowest BCUT2D eigenvalue weighted by Gasteiger charge is -2.11. The lowest BCUT2D eigenvalue weighted by atomic mass is 10.1. The maximum atomic E-state index is 11.1. The number of aliphatic carboxylic acids is 1. The number of carboxylic acid groups (broad SMARTS) is 1. The van der Waals surface area contributed by atoms with Gasteiger partial charge in [0.1, 0.15) is 8.78 Å². The predicted molar refractivity (Wildman–Crippen MR) is 70.5 cm³/mol. The summed E-state index contributed by atoms with van der Waals surface area (Å²) < 4.78 is 0.645. The van der Waals surface area contributed by atoms with E-state index in [-0.39, 0.29) is 0 Å². The molecule has 0 saturated heterocycles. The number of carbonyl (C=O) groups is 1. The molecule has 5 heteroatoms. The highest BCUT2D eigenvalue weighted by molar-refractivity contribution is 8.47. The number of benzene rings is 1. The van der Waals surface area contributed by atoms with Gasteiger partial charge in [0.15, 0.2) is 0 Å². The Bertz CT molecular complexity index is 351. The Balaban J connectivity index is 2.84. The van der Waals surface area contributed by atoms with E-state index in [1.807, 2.05) is 24.5 Å². The zero-order valence-corrected chi connectivity index (χ0v) is 10.5. The Kier molecular flexibility index (Phi) is 5.14. The molecule has 0 amide bonds. The number of thiocarbonyl (C=S) groups is 1. The fourth-order valence-electron chi connectivity index (χ4n) is 1.03. The maximum Gasteiger partial charge on any atom is 0.321 e. The second kappa shape index (κ2) is 6.15. The van der Waals surface area contributed by atoms with Gasteiger partial charge in [0.2, 0.25) is 0 Å². The van der Waals surface area contributed by atoms with Crippen molar-refractivity contribution in [3.8, 4) is 0 Å². The summed E-state index contributed by atoms with van der Waals surface area (Å²) in [5.74, 6) is -0.859.